The van der Waals surface area contributed by atoms with Crippen molar-refractivity contribution in [3.8, 4) is 0 Å². The van der Waals surface area contributed by atoms with E-state index in [1.807, 2.05) is 13.0 Å². The molecule has 3 N–H and O–H groups in total. The predicted molar refractivity (Wildman–Crippen MR) is 145 cm³/mol. The van der Waals surface area contributed by atoms with E-state index in [1.54, 1.807) is 13.0 Å². The van der Waals surface area contributed by atoms with Crippen LogP contribution in [0.5, 0.6) is 0 Å². The number of hydrogen-bond donors (Lipinski definition) is 3. The van der Waals surface area contributed by atoms with Crippen LogP contribution in [0.25, 0.3) is 0 Å². The number of ketones is 1. The van der Waals surface area contributed by atoms with Gasteiger partial charge in [-0.25, -0.2) is 4.79 Å². The zero-order chi connectivity index (χ0) is 27.4. The third-order valence-corrected chi connectivity index (χ3v) is 10.9. The minimum atomic E-state index is -0.401. The molecule has 0 saturated heterocycles. The first-order chi connectivity index (χ1) is 17.3. The molecule has 1 amide bonds. The molecule has 2 fully saturated rings. The number of rotatable bonds is 5. The third-order valence-electron chi connectivity index (χ3n) is 10.9. The Morgan fingerprint density at radius 2 is 1.81 bits per heavy atom. The number of fused-ring (bicyclic) bond motifs is 2. The number of alkyl carbamates (subject to hydrolysis) is 1. The second-order valence-electron chi connectivity index (χ2n) is 12.7. The number of aliphatic hydroxyl groups excluding tert-OH is 2. The number of aliphatic hydroxyl groups is 2. The van der Waals surface area contributed by atoms with Crippen molar-refractivity contribution in [2.45, 2.75) is 92.5 Å². The highest BCUT2D eigenvalue weighted by Gasteiger charge is 2.64. The maximum absolute atomic E-state index is 12.5. The molecule has 4 rings (SSSR count). The molecule has 0 bridgehead atoms. The highest BCUT2D eigenvalue weighted by Crippen LogP contribution is 2.69. The average molecular weight is 512 g/mol. The van der Waals surface area contributed by atoms with E-state index < -0.39 is 11.0 Å². The van der Waals surface area contributed by atoms with Gasteiger partial charge >= 0.3 is 6.09 Å². The topological polar surface area (TPSA) is 95.9 Å². The lowest BCUT2D eigenvalue weighted by molar-refractivity contribution is -0.163. The van der Waals surface area contributed by atoms with Gasteiger partial charge in [0.15, 0.2) is 5.76 Å². The van der Waals surface area contributed by atoms with E-state index in [4.69, 9.17) is 4.74 Å². The van der Waals surface area contributed by atoms with Gasteiger partial charge in [-0.05, 0) is 93.3 Å². The minimum Gasteiger partial charge on any atom is -0.504 e. The molecule has 0 radical (unpaired) electrons. The fraction of sp³-hybridized carbons (Fsp3) is 0.677. The smallest absolute Gasteiger partial charge is 0.407 e. The monoisotopic (exact) mass is 511 g/mol. The number of allylic oxidation sites excluding steroid dienone is 7. The number of amides is 1. The highest BCUT2D eigenvalue weighted by molar-refractivity contribution is 6.06. The zero-order valence-corrected chi connectivity index (χ0v) is 23.7. The molecule has 0 aromatic heterocycles. The maximum atomic E-state index is 12.5. The van der Waals surface area contributed by atoms with Gasteiger partial charge in [0, 0.05) is 29.1 Å². The van der Waals surface area contributed by atoms with Crippen molar-refractivity contribution in [2.75, 3.05) is 13.2 Å². The Balaban J connectivity index is 1.79. The number of ether oxygens (including phenoxy) is 1. The average Bonchev–Trinajstić information content (AvgIpc) is 2.85. The number of nitrogens with one attached hydrogen (secondary N) is 1. The first-order valence-electron chi connectivity index (χ1n) is 14.0. The normalized spacial score (nSPS) is 39.7. The van der Waals surface area contributed by atoms with Gasteiger partial charge in [0.25, 0.3) is 0 Å². The van der Waals surface area contributed by atoms with Gasteiger partial charge in [0.1, 0.15) is 0 Å². The van der Waals surface area contributed by atoms with E-state index in [9.17, 15) is 19.8 Å². The summed E-state index contributed by atoms with van der Waals surface area (Å²) in [4.78, 5) is 25.0. The molecule has 6 atom stereocenters. The van der Waals surface area contributed by atoms with Gasteiger partial charge < -0.3 is 20.3 Å². The Morgan fingerprint density at radius 3 is 2.43 bits per heavy atom. The number of carbonyl (C=O) groups is 2. The quantitative estimate of drug-likeness (QED) is 0.401. The minimum absolute atomic E-state index is 0.00791. The number of hydrogen-bond acceptors (Lipinski definition) is 5. The standard InChI is InChI=1S/C31H45NO5/c1-8-31(18-33)25-17-29(6,32-27(36)37-9-2)14-12-28(25,5)13-15-30(31,7)23-11-10-21-20(4)26(35)24(34)16-22(21)19(23)3/h10-11,16,19,25,33,35H,8-9,12-15,17-18H2,1-7H3,(H,32,36)/t19-,25-,28-,29-,30-,31+/m1/s1. The van der Waals surface area contributed by atoms with Crippen LogP contribution in [0.3, 0.4) is 0 Å². The summed E-state index contributed by atoms with van der Waals surface area (Å²) in [5.41, 5.74) is 2.72. The van der Waals surface area contributed by atoms with Crippen molar-refractivity contribution in [1.82, 2.24) is 5.32 Å². The molecule has 6 nitrogen and oxygen atoms in total. The predicted octanol–water partition coefficient (Wildman–Crippen LogP) is 6.33. The largest absolute Gasteiger partial charge is 0.504 e. The lowest BCUT2D eigenvalue weighted by Gasteiger charge is -2.66. The summed E-state index contributed by atoms with van der Waals surface area (Å²) in [5, 5.41) is 24.7. The SMILES string of the molecule is CCOC(=O)N[C@]1(C)CC[C@]2(C)CC[C@](C)(C3=CC=C4C(=CC(=O)C(O)=C4C)[C@H]3C)[C@@](CC)(CO)[C@@H]2C1. The van der Waals surface area contributed by atoms with Crippen LogP contribution in [-0.4, -0.2) is 40.8 Å². The Hall–Kier alpha value is -2.34. The van der Waals surface area contributed by atoms with Crippen LogP contribution in [-0.2, 0) is 9.53 Å². The molecule has 0 unspecified atom stereocenters. The van der Waals surface area contributed by atoms with Gasteiger partial charge in [-0.3, -0.25) is 4.79 Å². The van der Waals surface area contributed by atoms with Crippen LogP contribution in [0.15, 0.2) is 46.3 Å². The second kappa shape index (κ2) is 9.44. The number of carbonyl (C=O) groups excluding carboxylic acids is 2. The molecule has 6 heteroatoms. The highest BCUT2D eigenvalue weighted by atomic mass is 16.5. The van der Waals surface area contributed by atoms with E-state index in [0.717, 1.165) is 49.7 Å². The zero-order valence-electron chi connectivity index (χ0n) is 23.7. The second-order valence-corrected chi connectivity index (χ2v) is 12.7. The fourth-order valence-electron chi connectivity index (χ4n) is 8.40. The molecule has 0 aliphatic heterocycles. The van der Waals surface area contributed by atoms with Crippen LogP contribution in [0, 0.1) is 28.1 Å². The van der Waals surface area contributed by atoms with Gasteiger partial charge in [0.2, 0.25) is 5.78 Å². The van der Waals surface area contributed by atoms with Crippen molar-refractivity contribution in [1.29, 1.82) is 0 Å². The van der Waals surface area contributed by atoms with Gasteiger partial charge in [0.05, 0.1) is 6.61 Å². The first-order valence-corrected chi connectivity index (χ1v) is 14.0. The molecular formula is C31H45NO5. The van der Waals surface area contributed by atoms with Crippen LogP contribution in [0.4, 0.5) is 4.79 Å². The summed E-state index contributed by atoms with van der Waals surface area (Å²) in [7, 11) is 0. The maximum Gasteiger partial charge on any atom is 0.407 e. The van der Waals surface area contributed by atoms with Gasteiger partial charge in [-0.15, -0.1) is 0 Å². The van der Waals surface area contributed by atoms with Crippen molar-refractivity contribution < 1.29 is 24.5 Å². The van der Waals surface area contributed by atoms with Crippen molar-refractivity contribution in [3.05, 3.63) is 46.3 Å². The van der Waals surface area contributed by atoms with Crippen LogP contribution in [0.1, 0.15) is 87.0 Å². The Kier molecular flexibility index (Phi) is 7.07. The van der Waals surface area contributed by atoms with Crippen LogP contribution < -0.4 is 5.32 Å². The fourth-order valence-corrected chi connectivity index (χ4v) is 8.40. The van der Waals surface area contributed by atoms with Crippen LogP contribution in [0.2, 0.25) is 0 Å². The molecule has 0 heterocycles. The first kappa shape index (κ1) is 27.7. The summed E-state index contributed by atoms with van der Waals surface area (Å²) in [6, 6.07) is 0. The third kappa shape index (κ3) is 4.10. The summed E-state index contributed by atoms with van der Waals surface area (Å²) in [6.45, 7) is 15.1. The summed E-state index contributed by atoms with van der Waals surface area (Å²) in [6.07, 6.45) is 10.9. The molecular weight excluding hydrogens is 466 g/mol. The molecule has 2 saturated carbocycles. The molecule has 0 spiro atoms. The molecule has 37 heavy (non-hydrogen) atoms. The Labute approximate surface area is 221 Å². The Morgan fingerprint density at radius 1 is 1.14 bits per heavy atom. The van der Waals surface area contributed by atoms with Crippen molar-refractivity contribution in [3.63, 3.8) is 0 Å². The Bertz CT molecular complexity index is 1110. The molecule has 204 valence electrons. The van der Waals surface area contributed by atoms with Gasteiger partial charge in [-0.2, -0.15) is 0 Å². The van der Waals surface area contributed by atoms with Crippen molar-refractivity contribution in [2.24, 2.45) is 28.1 Å². The molecule has 4 aliphatic rings. The van der Waals surface area contributed by atoms with Crippen LogP contribution >= 0.6 is 0 Å². The van der Waals surface area contributed by atoms with Gasteiger partial charge in [-0.1, -0.05) is 45.4 Å². The van der Waals surface area contributed by atoms with E-state index >= 15 is 0 Å². The van der Waals surface area contributed by atoms with E-state index in [-0.39, 0.29) is 46.9 Å². The van der Waals surface area contributed by atoms with Crippen molar-refractivity contribution >= 4 is 11.9 Å². The summed E-state index contributed by atoms with van der Waals surface area (Å²) in [5.74, 6) is -0.323. The summed E-state index contributed by atoms with van der Waals surface area (Å²) < 4.78 is 5.23. The summed E-state index contributed by atoms with van der Waals surface area (Å²) >= 11 is 0. The molecule has 4 aliphatic carbocycles. The lowest BCUT2D eigenvalue weighted by Crippen LogP contribution is -2.64. The lowest BCUT2D eigenvalue weighted by atomic mass is 9.38. The molecule has 0 aromatic carbocycles. The van der Waals surface area contributed by atoms with E-state index in [2.05, 4.69) is 46.0 Å². The van der Waals surface area contributed by atoms with E-state index in [0.29, 0.717) is 12.2 Å². The van der Waals surface area contributed by atoms with E-state index in [1.165, 1.54) is 5.57 Å². The molecule has 0 aromatic rings.